The third kappa shape index (κ3) is 5.03. The monoisotopic (exact) mass is 403 g/mol. The van der Waals surface area contributed by atoms with Gasteiger partial charge in [-0.3, -0.25) is 9.69 Å². The standard InChI is InChI=1S/C16H25N3O5S2/c1-5-24-16(21)14-11(2)12(3)25-15(14)17-13(20)10-18-6-8-19(9-7-18)26(4,22)23/h5-10H2,1-4H3,(H,17,20). The van der Waals surface area contributed by atoms with Crippen LogP contribution in [0, 0.1) is 13.8 Å². The maximum Gasteiger partial charge on any atom is 0.341 e. The Balaban J connectivity index is 1.99. The molecule has 1 aliphatic rings. The van der Waals surface area contributed by atoms with E-state index in [0.717, 1.165) is 10.4 Å². The lowest BCUT2D eigenvalue weighted by Gasteiger charge is -2.32. The molecule has 10 heteroatoms. The number of esters is 1. The summed E-state index contributed by atoms with van der Waals surface area (Å²) >= 11 is 1.35. The first-order chi connectivity index (χ1) is 12.1. The molecule has 0 atom stereocenters. The van der Waals surface area contributed by atoms with Gasteiger partial charge in [-0.1, -0.05) is 0 Å². The van der Waals surface area contributed by atoms with Crippen molar-refractivity contribution < 1.29 is 22.7 Å². The fraction of sp³-hybridized carbons (Fsp3) is 0.625. The number of nitrogens with zero attached hydrogens (tertiary/aromatic N) is 2. The average molecular weight is 404 g/mol. The van der Waals surface area contributed by atoms with E-state index in [4.69, 9.17) is 4.74 Å². The molecule has 0 bridgehead atoms. The highest BCUT2D eigenvalue weighted by molar-refractivity contribution is 7.88. The predicted octanol–water partition coefficient (Wildman–Crippen LogP) is 1.06. The Labute approximate surface area is 158 Å². The molecule has 0 saturated carbocycles. The number of hydrogen-bond donors (Lipinski definition) is 1. The number of anilines is 1. The molecule has 0 unspecified atom stereocenters. The smallest absolute Gasteiger partial charge is 0.341 e. The number of carbonyl (C=O) groups is 2. The Kier molecular flexibility index (Phi) is 6.78. The van der Waals surface area contributed by atoms with Crippen molar-refractivity contribution in [2.24, 2.45) is 0 Å². The van der Waals surface area contributed by atoms with Gasteiger partial charge in [-0.25, -0.2) is 13.2 Å². The number of rotatable bonds is 6. The van der Waals surface area contributed by atoms with Gasteiger partial charge < -0.3 is 10.1 Å². The van der Waals surface area contributed by atoms with E-state index < -0.39 is 16.0 Å². The number of aryl methyl sites for hydroxylation is 1. The van der Waals surface area contributed by atoms with Crippen molar-refractivity contribution in [2.75, 3.05) is 50.9 Å². The van der Waals surface area contributed by atoms with Crippen molar-refractivity contribution in [2.45, 2.75) is 20.8 Å². The molecule has 1 N–H and O–H groups in total. The highest BCUT2D eigenvalue weighted by Gasteiger charge is 2.26. The molecule has 2 rings (SSSR count). The number of piperazine rings is 1. The number of amides is 1. The van der Waals surface area contributed by atoms with E-state index in [-0.39, 0.29) is 19.1 Å². The zero-order chi connectivity index (χ0) is 19.5. The van der Waals surface area contributed by atoms with Crippen molar-refractivity contribution in [1.29, 1.82) is 0 Å². The normalized spacial score (nSPS) is 16.5. The molecule has 1 aliphatic heterocycles. The van der Waals surface area contributed by atoms with Crippen LogP contribution in [0.3, 0.4) is 0 Å². The Hall–Kier alpha value is -1.49. The third-order valence-electron chi connectivity index (χ3n) is 4.29. The second-order valence-corrected chi connectivity index (χ2v) is 9.40. The largest absolute Gasteiger partial charge is 0.462 e. The van der Waals surface area contributed by atoms with E-state index in [1.165, 1.54) is 21.9 Å². The van der Waals surface area contributed by atoms with Crippen molar-refractivity contribution in [3.8, 4) is 0 Å². The zero-order valence-corrected chi connectivity index (χ0v) is 17.1. The van der Waals surface area contributed by atoms with Crippen LogP contribution < -0.4 is 5.32 Å². The number of carbonyl (C=O) groups excluding carboxylic acids is 2. The molecular weight excluding hydrogens is 378 g/mol. The lowest BCUT2D eigenvalue weighted by molar-refractivity contribution is -0.117. The van der Waals surface area contributed by atoms with Crippen LogP contribution in [0.15, 0.2) is 0 Å². The van der Waals surface area contributed by atoms with Gasteiger partial charge in [-0.05, 0) is 26.3 Å². The fourth-order valence-electron chi connectivity index (χ4n) is 2.75. The van der Waals surface area contributed by atoms with Gasteiger partial charge in [0.25, 0.3) is 0 Å². The Morgan fingerprint density at radius 3 is 2.35 bits per heavy atom. The Morgan fingerprint density at radius 2 is 1.81 bits per heavy atom. The van der Waals surface area contributed by atoms with Crippen LogP contribution >= 0.6 is 11.3 Å². The summed E-state index contributed by atoms with van der Waals surface area (Å²) in [5.41, 5.74) is 1.22. The Morgan fingerprint density at radius 1 is 1.19 bits per heavy atom. The first-order valence-electron chi connectivity index (χ1n) is 8.38. The first kappa shape index (κ1) is 20.8. The highest BCUT2D eigenvalue weighted by Crippen LogP contribution is 2.33. The predicted molar refractivity (Wildman–Crippen MR) is 101 cm³/mol. The summed E-state index contributed by atoms with van der Waals surface area (Å²) in [6, 6.07) is 0. The van der Waals surface area contributed by atoms with Crippen LogP contribution in [0.4, 0.5) is 5.00 Å². The first-order valence-corrected chi connectivity index (χ1v) is 11.0. The summed E-state index contributed by atoms with van der Waals surface area (Å²) in [7, 11) is -3.19. The second kappa shape index (κ2) is 8.47. The molecule has 1 aromatic heterocycles. The summed E-state index contributed by atoms with van der Waals surface area (Å²) < 4.78 is 29.6. The lowest BCUT2D eigenvalue weighted by atomic mass is 10.1. The van der Waals surface area contributed by atoms with Gasteiger partial charge in [0.05, 0.1) is 25.0 Å². The van der Waals surface area contributed by atoms with E-state index in [1.807, 2.05) is 18.7 Å². The third-order valence-corrected chi connectivity index (χ3v) is 6.71. The van der Waals surface area contributed by atoms with E-state index in [0.29, 0.717) is 36.7 Å². The van der Waals surface area contributed by atoms with Crippen LogP contribution in [0.1, 0.15) is 27.7 Å². The summed E-state index contributed by atoms with van der Waals surface area (Å²) in [4.78, 5) is 27.4. The van der Waals surface area contributed by atoms with Gasteiger partial charge >= 0.3 is 5.97 Å². The highest BCUT2D eigenvalue weighted by atomic mass is 32.2. The van der Waals surface area contributed by atoms with Crippen molar-refractivity contribution >= 4 is 38.2 Å². The van der Waals surface area contributed by atoms with Crippen molar-refractivity contribution in [3.63, 3.8) is 0 Å². The number of nitrogens with one attached hydrogen (secondary N) is 1. The number of hydrogen-bond acceptors (Lipinski definition) is 7. The van der Waals surface area contributed by atoms with E-state index >= 15 is 0 Å². The summed E-state index contributed by atoms with van der Waals surface area (Å²) in [6.07, 6.45) is 1.19. The van der Waals surface area contributed by atoms with Gasteiger partial charge in [0.2, 0.25) is 15.9 Å². The summed E-state index contributed by atoms with van der Waals surface area (Å²) in [5, 5.41) is 3.30. The van der Waals surface area contributed by atoms with E-state index in [9.17, 15) is 18.0 Å². The minimum absolute atomic E-state index is 0.149. The fourth-order valence-corrected chi connectivity index (χ4v) is 4.64. The van der Waals surface area contributed by atoms with Crippen molar-refractivity contribution in [3.05, 3.63) is 16.0 Å². The minimum atomic E-state index is -3.19. The van der Waals surface area contributed by atoms with Crippen LogP contribution in [0.25, 0.3) is 0 Å². The molecule has 8 nitrogen and oxygen atoms in total. The molecule has 0 aliphatic carbocycles. The van der Waals surface area contributed by atoms with Crippen LogP contribution in [-0.2, 0) is 19.6 Å². The van der Waals surface area contributed by atoms with Crippen LogP contribution in [-0.4, -0.2) is 75.1 Å². The van der Waals surface area contributed by atoms with Gasteiger partial charge in [0.1, 0.15) is 5.00 Å². The van der Waals surface area contributed by atoms with E-state index in [1.54, 1.807) is 6.92 Å². The van der Waals surface area contributed by atoms with Gasteiger partial charge in [0, 0.05) is 31.1 Å². The van der Waals surface area contributed by atoms with Gasteiger partial charge in [-0.2, -0.15) is 4.31 Å². The molecule has 146 valence electrons. The van der Waals surface area contributed by atoms with Gasteiger partial charge in [0.15, 0.2) is 0 Å². The Bertz CT molecular complexity index is 780. The minimum Gasteiger partial charge on any atom is -0.462 e. The quantitative estimate of drug-likeness (QED) is 0.714. The van der Waals surface area contributed by atoms with Crippen molar-refractivity contribution in [1.82, 2.24) is 9.21 Å². The second-order valence-electron chi connectivity index (χ2n) is 6.19. The maximum atomic E-state index is 12.4. The number of ether oxygens (including phenoxy) is 1. The topological polar surface area (TPSA) is 96.0 Å². The maximum absolute atomic E-state index is 12.4. The molecule has 0 radical (unpaired) electrons. The average Bonchev–Trinajstić information content (AvgIpc) is 2.81. The van der Waals surface area contributed by atoms with Crippen LogP contribution in [0.5, 0.6) is 0 Å². The molecule has 2 heterocycles. The summed E-state index contributed by atoms with van der Waals surface area (Å²) in [5.74, 6) is -0.670. The van der Waals surface area contributed by atoms with Gasteiger partial charge in [-0.15, -0.1) is 11.3 Å². The molecular formula is C16H25N3O5S2. The van der Waals surface area contributed by atoms with E-state index in [2.05, 4.69) is 5.32 Å². The summed E-state index contributed by atoms with van der Waals surface area (Å²) in [6.45, 7) is 7.61. The SMILES string of the molecule is CCOC(=O)c1c(NC(=O)CN2CCN(S(C)(=O)=O)CC2)sc(C)c1C. The molecule has 1 saturated heterocycles. The number of thiophene rings is 1. The number of sulfonamides is 1. The molecule has 0 spiro atoms. The molecule has 0 aromatic carbocycles. The zero-order valence-electron chi connectivity index (χ0n) is 15.5. The molecule has 1 amide bonds. The lowest BCUT2D eigenvalue weighted by Crippen LogP contribution is -2.50. The molecule has 26 heavy (non-hydrogen) atoms. The molecule has 1 fully saturated rings. The molecule has 1 aromatic rings. The van der Waals surface area contributed by atoms with Crippen LogP contribution in [0.2, 0.25) is 0 Å².